The van der Waals surface area contributed by atoms with E-state index in [1.807, 2.05) is 36.4 Å². The van der Waals surface area contributed by atoms with Crippen LogP contribution in [-0.2, 0) is 22.6 Å². The maximum atomic E-state index is 13.1. The van der Waals surface area contributed by atoms with Gasteiger partial charge in [-0.1, -0.05) is 62.1 Å². The molecule has 1 aliphatic carbocycles. The highest BCUT2D eigenvalue weighted by Crippen LogP contribution is 2.31. The Kier molecular flexibility index (Phi) is 8.62. The number of benzene rings is 3. The molecule has 7 heteroatoms. The number of aromatic nitrogens is 2. The third-order valence-electron chi connectivity index (χ3n) is 7.89. The van der Waals surface area contributed by atoms with Crippen LogP contribution in [0.1, 0.15) is 62.4 Å². The molecule has 0 bridgehead atoms. The topological polar surface area (TPSA) is 87.8 Å². The van der Waals surface area contributed by atoms with Gasteiger partial charge in [0.25, 0.3) is 0 Å². The summed E-state index contributed by atoms with van der Waals surface area (Å²) in [6.45, 7) is 2.80. The number of carbonyl (C=O) groups excluding carboxylic acids is 2. The van der Waals surface area contributed by atoms with Crippen molar-refractivity contribution in [3.63, 3.8) is 0 Å². The molecule has 1 saturated carbocycles. The van der Waals surface area contributed by atoms with Crippen LogP contribution in [0.15, 0.2) is 60.7 Å². The monoisotopic (exact) mass is 552 g/mol. The number of nitrogens with zero attached hydrogens (tertiary/aromatic N) is 3. The Hall–Kier alpha value is -3.95. The summed E-state index contributed by atoms with van der Waals surface area (Å²) in [5.41, 5.74) is 6.01. The maximum Gasteiger partial charge on any atom is 0.228 e. The van der Waals surface area contributed by atoms with Crippen LogP contribution in [0.25, 0.3) is 22.2 Å². The fourth-order valence-corrected chi connectivity index (χ4v) is 5.83. The van der Waals surface area contributed by atoms with Crippen LogP contribution in [0.4, 0.5) is 5.69 Å². The first-order valence-corrected chi connectivity index (χ1v) is 14.4. The van der Waals surface area contributed by atoms with E-state index in [0.717, 1.165) is 90.5 Å². The molecule has 5 rings (SSSR count). The van der Waals surface area contributed by atoms with Crippen LogP contribution in [-0.4, -0.2) is 21.7 Å². The normalized spacial score (nSPS) is 16.9. The first-order valence-electron chi connectivity index (χ1n) is 14.0. The number of carbonyl (C=O) groups is 2. The summed E-state index contributed by atoms with van der Waals surface area (Å²) >= 11 is 6.21. The van der Waals surface area contributed by atoms with E-state index in [4.69, 9.17) is 16.6 Å². The predicted octanol–water partition coefficient (Wildman–Crippen LogP) is 7.56. The van der Waals surface area contributed by atoms with Gasteiger partial charge in [-0.2, -0.15) is 5.26 Å². The number of amides is 1. The summed E-state index contributed by atoms with van der Waals surface area (Å²) in [5, 5.41) is 13.2. The summed E-state index contributed by atoms with van der Waals surface area (Å²) < 4.78 is 2.23. The second kappa shape index (κ2) is 12.5. The SMILES string of the molecule is CCCCc1nc2ccc(NC(=O)[C@@H]3CCCC[C@@H]3C=O)cc2n1Cc1ccc(-c2cc(Cl)ccc2C#N)cc1. The van der Waals surface area contributed by atoms with E-state index in [0.29, 0.717) is 17.1 Å². The fourth-order valence-electron chi connectivity index (χ4n) is 5.66. The lowest BCUT2D eigenvalue weighted by Crippen LogP contribution is -2.32. The maximum absolute atomic E-state index is 13.1. The highest BCUT2D eigenvalue weighted by molar-refractivity contribution is 6.30. The Morgan fingerprint density at radius 2 is 1.93 bits per heavy atom. The molecule has 0 spiro atoms. The number of hydrogen-bond donors (Lipinski definition) is 1. The molecule has 0 saturated heterocycles. The van der Waals surface area contributed by atoms with Gasteiger partial charge in [0.1, 0.15) is 12.1 Å². The second-order valence-corrected chi connectivity index (χ2v) is 11.0. The molecule has 2 atom stereocenters. The van der Waals surface area contributed by atoms with Crippen molar-refractivity contribution in [3.8, 4) is 17.2 Å². The van der Waals surface area contributed by atoms with Gasteiger partial charge in [0.15, 0.2) is 0 Å². The number of halogens is 1. The minimum Gasteiger partial charge on any atom is -0.326 e. The summed E-state index contributed by atoms with van der Waals surface area (Å²) in [6.07, 6.45) is 7.41. The number of aryl methyl sites for hydroxylation is 1. The average Bonchev–Trinajstić information content (AvgIpc) is 3.32. The molecule has 4 aromatic rings. The summed E-state index contributed by atoms with van der Waals surface area (Å²) in [6, 6.07) is 21.6. The first kappa shape index (κ1) is 27.6. The zero-order valence-electron chi connectivity index (χ0n) is 22.7. The highest BCUT2D eigenvalue weighted by Gasteiger charge is 2.30. The van der Waals surface area contributed by atoms with Gasteiger partial charge in [-0.15, -0.1) is 0 Å². The van der Waals surface area contributed by atoms with Crippen LogP contribution in [0.5, 0.6) is 0 Å². The van der Waals surface area contributed by atoms with Gasteiger partial charge in [0.2, 0.25) is 5.91 Å². The molecule has 40 heavy (non-hydrogen) atoms. The van der Waals surface area contributed by atoms with Crippen LogP contribution in [0.3, 0.4) is 0 Å². The molecule has 1 heterocycles. The molecule has 1 amide bonds. The van der Waals surface area contributed by atoms with E-state index in [2.05, 4.69) is 35.0 Å². The number of nitriles is 1. The molecule has 0 aliphatic heterocycles. The molecule has 1 aromatic heterocycles. The van der Waals surface area contributed by atoms with Gasteiger partial charge >= 0.3 is 0 Å². The molecule has 0 unspecified atom stereocenters. The molecule has 1 fully saturated rings. The Morgan fingerprint density at radius 1 is 1.12 bits per heavy atom. The summed E-state index contributed by atoms with van der Waals surface area (Å²) in [7, 11) is 0. The van der Waals surface area contributed by atoms with Crippen molar-refractivity contribution in [3.05, 3.63) is 82.6 Å². The van der Waals surface area contributed by atoms with Crippen molar-refractivity contribution in [2.24, 2.45) is 11.8 Å². The van der Waals surface area contributed by atoms with Gasteiger partial charge in [0, 0.05) is 41.1 Å². The fraction of sp³-hybridized carbons (Fsp3) is 0.333. The van der Waals surface area contributed by atoms with Gasteiger partial charge in [0.05, 0.1) is 22.7 Å². The number of hydrogen-bond acceptors (Lipinski definition) is 4. The van der Waals surface area contributed by atoms with Crippen molar-refractivity contribution >= 4 is 40.5 Å². The van der Waals surface area contributed by atoms with E-state index < -0.39 is 0 Å². The van der Waals surface area contributed by atoms with Crippen molar-refractivity contribution in [1.82, 2.24) is 9.55 Å². The molecule has 6 nitrogen and oxygen atoms in total. The minimum atomic E-state index is -0.272. The van der Waals surface area contributed by atoms with Gasteiger partial charge in [-0.05, 0) is 66.8 Å². The van der Waals surface area contributed by atoms with Crippen LogP contribution < -0.4 is 5.32 Å². The van der Waals surface area contributed by atoms with E-state index in [1.54, 1.807) is 12.1 Å². The van der Waals surface area contributed by atoms with E-state index >= 15 is 0 Å². The lowest BCUT2D eigenvalue weighted by atomic mass is 9.79. The van der Waals surface area contributed by atoms with E-state index in [9.17, 15) is 14.9 Å². The highest BCUT2D eigenvalue weighted by atomic mass is 35.5. The Labute approximate surface area is 240 Å². The number of anilines is 1. The van der Waals surface area contributed by atoms with Crippen LogP contribution in [0.2, 0.25) is 5.02 Å². The molecular formula is C33H33ClN4O2. The molecule has 204 valence electrons. The van der Waals surface area contributed by atoms with Gasteiger partial charge in [-0.3, -0.25) is 4.79 Å². The minimum absolute atomic E-state index is 0.0817. The summed E-state index contributed by atoms with van der Waals surface area (Å²) in [5.74, 6) is 0.454. The van der Waals surface area contributed by atoms with Gasteiger partial charge < -0.3 is 14.7 Å². The van der Waals surface area contributed by atoms with E-state index in [1.165, 1.54) is 0 Å². The quantitative estimate of drug-likeness (QED) is 0.217. The Bertz CT molecular complexity index is 1570. The molecule has 0 radical (unpaired) electrons. The largest absolute Gasteiger partial charge is 0.326 e. The number of fused-ring (bicyclic) bond motifs is 1. The van der Waals surface area contributed by atoms with Crippen molar-refractivity contribution in [2.75, 3.05) is 5.32 Å². The number of aldehydes is 1. The van der Waals surface area contributed by atoms with Crippen molar-refractivity contribution in [2.45, 2.75) is 58.4 Å². The number of imidazole rings is 1. The van der Waals surface area contributed by atoms with E-state index in [-0.39, 0.29) is 17.7 Å². The number of nitrogens with one attached hydrogen (secondary N) is 1. The molecular weight excluding hydrogens is 520 g/mol. The predicted molar refractivity (Wildman–Crippen MR) is 159 cm³/mol. The lowest BCUT2D eigenvalue weighted by Gasteiger charge is -2.26. The zero-order chi connectivity index (χ0) is 28.1. The smallest absolute Gasteiger partial charge is 0.228 e. The first-order chi connectivity index (χ1) is 19.5. The van der Waals surface area contributed by atoms with Crippen LogP contribution >= 0.6 is 11.6 Å². The Morgan fingerprint density at radius 3 is 2.67 bits per heavy atom. The number of rotatable bonds is 9. The Balaban J connectivity index is 1.43. The third-order valence-corrected chi connectivity index (χ3v) is 8.12. The molecule has 1 aliphatic rings. The van der Waals surface area contributed by atoms with Crippen LogP contribution in [0, 0.1) is 23.2 Å². The molecule has 1 N–H and O–H groups in total. The summed E-state index contributed by atoms with van der Waals surface area (Å²) in [4.78, 5) is 29.6. The van der Waals surface area contributed by atoms with Crippen molar-refractivity contribution < 1.29 is 9.59 Å². The average molecular weight is 553 g/mol. The second-order valence-electron chi connectivity index (χ2n) is 10.6. The third kappa shape index (κ3) is 5.95. The zero-order valence-corrected chi connectivity index (χ0v) is 23.5. The lowest BCUT2D eigenvalue weighted by molar-refractivity contribution is -0.126. The van der Waals surface area contributed by atoms with Gasteiger partial charge in [-0.25, -0.2) is 4.98 Å². The van der Waals surface area contributed by atoms with Crippen molar-refractivity contribution in [1.29, 1.82) is 5.26 Å². The standard InChI is InChI=1S/C33H33ClN4O2/c1-2-3-8-32-37-30-16-15-27(36-33(40)28-7-5-4-6-25(28)21-39)18-31(30)38(32)20-22-9-11-23(12-10-22)29-17-26(34)14-13-24(29)19-35/h9-18,21,25,28H,2-8,20H2,1H3,(H,36,40)/t25-,28-/m1/s1. The molecule has 3 aromatic carbocycles. The number of unbranched alkanes of at least 4 members (excludes halogenated alkanes) is 1.